The van der Waals surface area contributed by atoms with Crippen LogP contribution in [0, 0.1) is 5.92 Å². The Morgan fingerprint density at radius 3 is 2.92 bits per heavy atom. The first-order valence-electron chi connectivity index (χ1n) is 9.49. The Balaban J connectivity index is 1.31. The molecule has 25 heavy (non-hydrogen) atoms. The van der Waals surface area contributed by atoms with Gasteiger partial charge in [0, 0.05) is 12.0 Å². The van der Waals surface area contributed by atoms with Gasteiger partial charge in [-0.25, -0.2) is 0 Å². The normalized spacial score (nSPS) is 31.1. The van der Waals surface area contributed by atoms with Gasteiger partial charge in [-0.1, -0.05) is 12.1 Å². The van der Waals surface area contributed by atoms with E-state index < -0.39 is 0 Å². The van der Waals surface area contributed by atoms with Crippen molar-refractivity contribution in [2.75, 3.05) is 19.7 Å². The Bertz CT molecular complexity index is 877. The van der Waals surface area contributed by atoms with Crippen LogP contribution in [-0.2, 0) is 6.42 Å². The fourth-order valence-corrected chi connectivity index (χ4v) is 6.47. The van der Waals surface area contributed by atoms with Crippen LogP contribution in [0.1, 0.15) is 40.9 Å². The minimum Gasteiger partial charge on any atom is -0.491 e. The van der Waals surface area contributed by atoms with Gasteiger partial charge >= 0.3 is 0 Å². The van der Waals surface area contributed by atoms with Gasteiger partial charge in [0.25, 0.3) is 5.91 Å². The second kappa shape index (κ2) is 4.98. The molecule has 130 valence electrons. The van der Waals surface area contributed by atoms with Crippen LogP contribution in [0.3, 0.4) is 0 Å². The maximum Gasteiger partial charge on any atom is 0.261 e. The van der Waals surface area contributed by atoms with Gasteiger partial charge in [0.2, 0.25) is 0 Å². The molecule has 1 spiro atoms. The van der Waals surface area contributed by atoms with Gasteiger partial charge in [-0.2, -0.15) is 0 Å². The quantitative estimate of drug-likeness (QED) is 0.900. The summed E-state index contributed by atoms with van der Waals surface area (Å²) < 4.78 is 6.94. The van der Waals surface area contributed by atoms with Gasteiger partial charge < -0.3 is 10.1 Å². The number of fused-ring (bicyclic) bond motifs is 5. The predicted octanol–water partition coefficient (Wildman–Crippen LogP) is 3.19. The molecule has 2 bridgehead atoms. The van der Waals surface area contributed by atoms with Crippen LogP contribution in [0.5, 0.6) is 5.75 Å². The molecule has 1 amide bonds. The van der Waals surface area contributed by atoms with Crippen molar-refractivity contribution < 1.29 is 9.53 Å². The minimum atomic E-state index is 0.109. The van der Waals surface area contributed by atoms with Crippen molar-refractivity contribution in [1.29, 1.82) is 0 Å². The van der Waals surface area contributed by atoms with E-state index in [4.69, 9.17) is 4.74 Å². The van der Waals surface area contributed by atoms with Crippen molar-refractivity contribution in [2.24, 2.45) is 5.92 Å². The topological polar surface area (TPSA) is 41.6 Å². The third-order valence-corrected chi connectivity index (χ3v) is 7.98. The van der Waals surface area contributed by atoms with E-state index in [0.717, 1.165) is 33.7 Å². The van der Waals surface area contributed by atoms with Crippen LogP contribution in [0.15, 0.2) is 18.2 Å². The molecule has 0 radical (unpaired) electrons. The molecule has 1 aromatic carbocycles. The molecule has 2 aromatic rings. The molecule has 1 saturated carbocycles. The van der Waals surface area contributed by atoms with Gasteiger partial charge in [-0.3, -0.25) is 9.69 Å². The van der Waals surface area contributed by atoms with Crippen molar-refractivity contribution in [3.63, 3.8) is 0 Å². The molecule has 5 heteroatoms. The highest BCUT2D eigenvalue weighted by Gasteiger charge is 2.60. The number of ether oxygens (including phenoxy) is 1. The zero-order valence-electron chi connectivity index (χ0n) is 14.2. The smallest absolute Gasteiger partial charge is 0.261 e. The number of amides is 1. The third kappa shape index (κ3) is 1.99. The lowest BCUT2D eigenvalue weighted by Gasteiger charge is -2.52. The fourth-order valence-electron chi connectivity index (χ4n) is 5.38. The number of rotatable bonds is 2. The van der Waals surface area contributed by atoms with E-state index in [1.807, 2.05) is 6.07 Å². The van der Waals surface area contributed by atoms with Gasteiger partial charge in [0.05, 0.1) is 22.2 Å². The van der Waals surface area contributed by atoms with Crippen molar-refractivity contribution in [1.82, 2.24) is 10.2 Å². The maximum atomic E-state index is 13.0. The average Bonchev–Trinajstić information content (AvgIpc) is 3.08. The summed E-state index contributed by atoms with van der Waals surface area (Å²) in [4.78, 5) is 16.5. The lowest BCUT2D eigenvalue weighted by Crippen LogP contribution is -2.65. The number of carbonyl (C=O) groups is 1. The first-order chi connectivity index (χ1) is 12.2. The molecular weight excluding hydrogens is 332 g/mol. The molecule has 1 aromatic heterocycles. The Kier molecular flexibility index (Phi) is 2.90. The van der Waals surface area contributed by atoms with Crippen LogP contribution in [0.25, 0.3) is 10.1 Å². The van der Waals surface area contributed by atoms with E-state index in [1.54, 1.807) is 11.3 Å². The first kappa shape index (κ1) is 14.6. The van der Waals surface area contributed by atoms with E-state index in [9.17, 15) is 4.79 Å². The molecule has 1 N–H and O–H groups in total. The number of carbonyl (C=O) groups excluding carboxylic acids is 1. The highest BCUT2D eigenvalue weighted by molar-refractivity contribution is 7.21. The van der Waals surface area contributed by atoms with Crippen LogP contribution >= 0.6 is 11.3 Å². The van der Waals surface area contributed by atoms with Crippen LogP contribution < -0.4 is 10.1 Å². The standard InChI is InChI=1S/C20H22N2O2S/c23-19(21-18-13-3-8-22(9-4-13)20(18)6-7-20)15-11-14-2-1-12-5-10-24-16(12)17(14)25-15/h1-2,11,13,18H,3-10H2,(H,21,23)/t18-/m0/s1. The monoisotopic (exact) mass is 354 g/mol. The summed E-state index contributed by atoms with van der Waals surface area (Å²) in [6, 6.07) is 6.66. The SMILES string of the molecule is O=C(N[C@H]1C2CCN(CC2)C12CC2)c1cc2ccc3c(c2s1)OCC3. The van der Waals surface area contributed by atoms with E-state index in [-0.39, 0.29) is 11.4 Å². The van der Waals surface area contributed by atoms with Gasteiger partial charge in [-0.15, -0.1) is 11.3 Å². The number of benzene rings is 1. The van der Waals surface area contributed by atoms with E-state index in [1.165, 1.54) is 44.3 Å². The summed E-state index contributed by atoms with van der Waals surface area (Å²) in [5, 5.41) is 4.57. The summed E-state index contributed by atoms with van der Waals surface area (Å²) in [5.74, 6) is 1.78. The maximum absolute atomic E-state index is 13.0. The fraction of sp³-hybridized carbons (Fsp3) is 0.550. The zero-order valence-corrected chi connectivity index (χ0v) is 15.0. The second-order valence-electron chi connectivity index (χ2n) is 8.06. The lowest BCUT2D eigenvalue weighted by atomic mass is 9.77. The molecule has 3 saturated heterocycles. The number of piperidine rings is 3. The van der Waals surface area contributed by atoms with E-state index >= 15 is 0 Å². The van der Waals surface area contributed by atoms with Crippen molar-refractivity contribution in [3.8, 4) is 5.75 Å². The molecule has 5 aliphatic rings. The Labute approximate surface area is 151 Å². The van der Waals surface area contributed by atoms with Crippen molar-refractivity contribution >= 4 is 27.3 Å². The highest BCUT2D eigenvalue weighted by Crippen LogP contribution is 2.53. The van der Waals surface area contributed by atoms with E-state index in [0.29, 0.717) is 12.0 Å². The Morgan fingerprint density at radius 1 is 1.28 bits per heavy atom. The molecule has 1 aliphatic carbocycles. The van der Waals surface area contributed by atoms with Gasteiger partial charge in [0.1, 0.15) is 5.75 Å². The van der Waals surface area contributed by atoms with Crippen molar-refractivity contribution in [3.05, 3.63) is 28.6 Å². The molecule has 5 heterocycles. The largest absolute Gasteiger partial charge is 0.491 e. The zero-order chi connectivity index (χ0) is 16.6. The third-order valence-electron chi connectivity index (χ3n) is 6.83. The minimum absolute atomic E-state index is 0.109. The molecule has 4 nitrogen and oxygen atoms in total. The van der Waals surface area contributed by atoms with Crippen LogP contribution in [0.4, 0.5) is 0 Å². The molecular formula is C20H22N2O2S. The number of hydrogen-bond acceptors (Lipinski definition) is 4. The van der Waals surface area contributed by atoms with Gasteiger partial charge in [-0.05, 0) is 61.7 Å². The number of thiophene rings is 1. The summed E-state index contributed by atoms with van der Waals surface area (Å²) >= 11 is 1.59. The summed E-state index contributed by atoms with van der Waals surface area (Å²) in [7, 11) is 0. The summed E-state index contributed by atoms with van der Waals surface area (Å²) in [6.45, 7) is 3.21. The second-order valence-corrected chi connectivity index (χ2v) is 9.11. The van der Waals surface area contributed by atoms with Crippen LogP contribution in [0.2, 0.25) is 0 Å². The predicted molar refractivity (Wildman–Crippen MR) is 98.5 cm³/mol. The molecule has 0 unspecified atom stereocenters. The Hall–Kier alpha value is -1.59. The molecule has 1 atom stereocenters. The van der Waals surface area contributed by atoms with Gasteiger partial charge in [0.15, 0.2) is 0 Å². The lowest BCUT2D eigenvalue weighted by molar-refractivity contribution is -0.00138. The number of hydrogen-bond donors (Lipinski definition) is 1. The molecule has 4 fully saturated rings. The van der Waals surface area contributed by atoms with E-state index in [2.05, 4.69) is 22.3 Å². The summed E-state index contributed by atoms with van der Waals surface area (Å²) in [5.41, 5.74) is 1.56. The average molecular weight is 354 g/mol. The number of nitrogens with one attached hydrogen (secondary N) is 1. The summed E-state index contributed by atoms with van der Waals surface area (Å²) in [6.07, 6.45) is 5.96. The van der Waals surface area contributed by atoms with Crippen LogP contribution in [-0.4, -0.2) is 42.1 Å². The molecule has 7 rings (SSSR count). The molecule has 4 aliphatic heterocycles. The Morgan fingerprint density at radius 2 is 2.12 bits per heavy atom. The number of nitrogens with zero attached hydrogens (tertiary/aromatic N) is 1. The van der Waals surface area contributed by atoms with Crippen molar-refractivity contribution in [2.45, 2.75) is 43.7 Å². The highest BCUT2D eigenvalue weighted by atomic mass is 32.1. The first-order valence-corrected chi connectivity index (χ1v) is 10.3.